The molecular weight excluding hydrogens is 120 g/mol. The molecule has 0 aromatic rings. The van der Waals surface area contributed by atoms with Crippen LogP contribution in [-0.2, 0) is 0 Å². The highest BCUT2D eigenvalue weighted by molar-refractivity contribution is 5.19. The van der Waals surface area contributed by atoms with Crippen LogP contribution < -0.4 is 0 Å². The zero-order chi connectivity index (χ0) is 7.56. The Kier molecular flexibility index (Phi) is 2.31. The van der Waals surface area contributed by atoms with Gasteiger partial charge >= 0.3 is 0 Å². The molecule has 0 bridgehead atoms. The molecule has 0 saturated carbocycles. The lowest BCUT2D eigenvalue weighted by atomic mass is 9.94. The lowest BCUT2D eigenvalue weighted by molar-refractivity contribution is 0.468. The highest BCUT2D eigenvalue weighted by atomic mass is 14.1. The summed E-state index contributed by atoms with van der Waals surface area (Å²) in [6.07, 6.45) is 8.10. The molecule has 1 aliphatic carbocycles. The Balaban J connectivity index is 2.68. The van der Waals surface area contributed by atoms with Gasteiger partial charge in [0.05, 0.1) is 0 Å². The molecule has 0 unspecified atom stereocenters. The average Bonchev–Trinajstić information content (AvgIpc) is 2.04. The van der Waals surface area contributed by atoms with E-state index in [0.717, 1.165) is 11.8 Å². The van der Waals surface area contributed by atoms with Crippen LogP contribution in [0.5, 0.6) is 0 Å². The van der Waals surface area contributed by atoms with E-state index >= 15 is 0 Å². The minimum absolute atomic E-state index is 0.744. The van der Waals surface area contributed by atoms with Crippen molar-refractivity contribution in [2.75, 3.05) is 0 Å². The van der Waals surface area contributed by atoms with Gasteiger partial charge in [0.15, 0.2) is 0 Å². The van der Waals surface area contributed by atoms with Gasteiger partial charge < -0.3 is 0 Å². The second-order valence-corrected chi connectivity index (χ2v) is 3.38. The quantitative estimate of drug-likeness (QED) is 0.480. The minimum atomic E-state index is 0.744. The zero-order valence-electron chi connectivity index (χ0n) is 7.09. The first-order chi connectivity index (χ1) is 4.70. The van der Waals surface area contributed by atoms with Gasteiger partial charge in [-0.25, -0.2) is 0 Å². The molecule has 0 heterocycles. The molecule has 56 valence electrons. The topological polar surface area (TPSA) is 0 Å². The van der Waals surface area contributed by atoms with Crippen LogP contribution in [0.3, 0.4) is 0 Å². The molecular formula is C10H16. The Bertz CT molecular complexity index is 163. The first-order valence-electron chi connectivity index (χ1n) is 4.05. The maximum atomic E-state index is 2.32. The maximum Gasteiger partial charge on any atom is -0.0230 e. The molecule has 10 heavy (non-hydrogen) atoms. The van der Waals surface area contributed by atoms with Crippen molar-refractivity contribution in [3.63, 3.8) is 0 Å². The Labute approximate surface area is 63.6 Å². The summed E-state index contributed by atoms with van der Waals surface area (Å²) in [5.74, 6) is 1.56. The van der Waals surface area contributed by atoms with Gasteiger partial charge in [0, 0.05) is 0 Å². The predicted molar refractivity (Wildman–Crippen MR) is 45.8 cm³/mol. The normalized spacial score (nSPS) is 33.3. The van der Waals surface area contributed by atoms with Gasteiger partial charge in [-0.2, -0.15) is 0 Å². The predicted octanol–water partition coefficient (Wildman–Crippen LogP) is 3.16. The van der Waals surface area contributed by atoms with Crippen molar-refractivity contribution in [1.29, 1.82) is 0 Å². The molecule has 0 saturated heterocycles. The fraction of sp³-hybridized carbons (Fsp3) is 0.600. The molecule has 1 rings (SSSR count). The van der Waals surface area contributed by atoms with Crippen LogP contribution in [0.4, 0.5) is 0 Å². The van der Waals surface area contributed by atoms with Crippen molar-refractivity contribution in [3.8, 4) is 0 Å². The Morgan fingerprint density at radius 1 is 1.40 bits per heavy atom. The second kappa shape index (κ2) is 3.05. The monoisotopic (exact) mass is 136 g/mol. The molecule has 1 aliphatic rings. The number of rotatable bonds is 0. The first-order valence-corrected chi connectivity index (χ1v) is 4.05. The van der Waals surface area contributed by atoms with Crippen molar-refractivity contribution < 1.29 is 0 Å². The molecule has 0 nitrogen and oxygen atoms in total. The van der Waals surface area contributed by atoms with Gasteiger partial charge in [-0.15, -0.1) is 0 Å². The molecule has 0 N–H and O–H groups in total. The number of hydrogen-bond acceptors (Lipinski definition) is 0. The summed E-state index contributed by atoms with van der Waals surface area (Å²) in [7, 11) is 0. The SMILES string of the molecule is CC1=CC[C@@H](C)[C@@H](C)C=C1. The summed E-state index contributed by atoms with van der Waals surface area (Å²) in [5.41, 5.74) is 1.41. The van der Waals surface area contributed by atoms with Gasteiger partial charge in [0.2, 0.25) is 0 Å². The van der Waals surface area contributed by atoms with Crippen LogP contribution in [-0.4, -0.2) is 0 Å². The number of hydrogen-bond donors (Lipinski definition) is 0. The summed E-state index contributed by atoms with van der Waals surface area (Å²) in [4.78, 5) is 0. The van der Waals surface area contributed by atoms with Crippen molar-refractivity contribution in [1.82, 2.24) is 0 Å². The van der Waals surface area contributed by atoms with E-state index in [1.54, 1.807) is 0 Å². The van der Waals surface area contributed by atoms with E-state index in [-0.39, 0.29) is 0 Å². The zero-order valence-corrected chi connectivity index (χ0v) is 7.09. The molecule has 0 heteroatoms. The molecule has 0 spiro atoms. The average molecular weight is 136 g/mol. The van der Waals surface area contributed by atoms with Crippen molar-refractivity contribution in [3.05, 3.63) is 23.8 Å². The van der Waals surface area contributed by atoms with E-state index < -0.39 is 0 Å². The summed E-state index contributed by atoms with van der Waals surface area (Å²) in [6, 6.07) is 0. The van der Waals surface area contributed by atoms with Gasteiger partial charge in [0.25, 0.3) is 0 Å². The van der Waals surface area contributed by atoms with E-state index in [1.165, 1.54) is 12.0 Å². The fourth-order valence-corrected chi connectivity index (χ4v) is 1.15. The van der Waals surface area contributed by atoms with Crippen LogP contribution in [0.25, 0.3) is 0 Å². The Hall–Kier alpha value is -0.520. The summed E-state index contributed by atoms with van der Waals surface area (Å²) in [6.45, 7) is 6.76. The van der Waals surface area contributed by atoms with Crippen LogP contribution >= 0.6 is 0 Å². The fourth-order valence-electron chi connectivity index (χ4n) is 1.15. The largest absolute Gasteiger partial charge is 0.0813 e. The van der Waals surface area contributed by atoms with E-state index in [0.29, 0.717) is 0 Å². The standard InChI is InChI=1S/C10H16/c1-8-4-6-9(2)10(3)7-5-8/h4-6,9-10H,7H2,1-3H3/t9-,10+/m0/s1. The van der Waals surface area contributed by atoms with Crippen molar-refractivity contribution in [2.24, 2.45) is 11.8 Å². The van der Waals surface area contributed by atoms with Gasteiger partial charge in [-0.3, -0.25) is 0 Å². The first kappa shape index (κ1) is 7.59. The van der Waals surface area contributed by atoms with E-state index in [2.05, 4.69) is 39.0 Å². The maximum absolute atomic E-state index is 2.32. The Morgan fingerprint density at radius 2 is 2.10 bits per heavy atom. The number of allylic oxidation sites excluding steroid dienone is 4. The lowest BCUT2D eigenvalue weighted by Gasteiger charge is -2.11. The van der Waals surface area contributed by atoms with E-state index in [1.807, 2.05) is 0 Å². The molecule has 0 aromatic carbocycles. The third-order valence-corrected chi connectivity index (χ3v) is 2.37. The molecule has 0 aromatic heterocycles. The molecule has 0 aliphatic heterocycles. The van der Waals surface area contributed by atoms with E-state index in [4.69, 9.17) is 0 Å². The summed E-state index contributed by atoms with van der Waals surface area (Å²) < 4.78 is 0. The van der Waals surface area contributed by atoms with E-state index in [9.17, 15) is 0 Å². The van der Waals surface area contributed by atoms with Gasteiger partial charge in [-0.05, 0) is 25.2 Å². The Morgan fingerprint density at radius 3 is 2.80 bits per heavy atom. The van der Waals surface area contributed by atoms with Crippen LogP contribution in [0, 0.1) is 11.8 Å². The van der Waals surface area contributed by atoms with Gasteiger partial charge in [0.1, 0.15) is 0 Å². The summed E-state index contributed by atoms with van der Waals surface area (Å²) in [5, 5.41) is 0. The smallest absolute Gasteiger partial charge is 0.0230 e. The molecule has 0 radical (unpaired) electrons. The lowest BCUT2D eigenvalue weighted by Crippen LogP contribution is -2.01. The second-order valence-electron chi connectivity index (χ2n) is 3.38. The highest BCUT2D eigenvalue weighted by Gasteiger charge is 2.09. The highest BCUT2D eigenvalue weighted by Crippen LogP contribution is 2.21. The van der Waals surface area contributed by atoms with Crippen molar-refractivity contribution >= 4 is 0 Å². The molecule has 0 amide bonds. The summed E-state index contributed by atoms with van der Waals surface area (Å²) >= 11 is 0. The van der Waals surface area contributed by atoms with Crippen LogP contribution in [0.1, 0.15) is 27.2 Å². The molecule has 0 fully saturated rings. The third-order valence-electron chi connectivity index (χ3n) is 2.37. The molecule has 2 atom stereocenters. The third kappa shape index (κ3) is 1.73. The van der Waals surface area contributed by atoms with Crippen LogP contribution in [0.2, 0.25) is 0 Å². The van der Waals surface area contributed by atoms with Gasteiger partial charge in [-0.1, -0.05) is 37.6 Å². The van der Waals surface area contributed by atoms with Crippen LogP contribution in [0.15, 0.2) is 23.8 Å². The van der Waals surface area contributed by atoms with Crippen molar-refractivity contribution in [2.45, 2.75) is 27.2 Å². The minimum Gasteiger partial charge on any atom is -0.0813 e.